The van der Waals surface area contributed by atoms with Gasteiger partial charge < -0.3 is 19.5 Å². The molecule has 2 aromatic carbocycles. The number of ether oxygens (including phenoxy) is 3. The number of hydrogen-bond donors (Lipinski definition) is 1. The van der Waals surface area contributed by atoms with Gasteiger partial charge in [-0.15, -0.1) is 11.3 Å². The van der Waals surface area contributed by atoms with Crippen molar-refractivity contribution >= 4 is 34.3 Å². The minimum atomic E-state index is -0.467. The van der Waals surface area contributed by atoms with E-state index in [0.717, 1.165) is 22.3 Å². The molecule has 0 aliphatic heterocycles. The van der Waals surface area contributed by atoms with Gasteiger partial charge >= 0.3 is 5.97 Å². The number of anilines is 1. The van der Waals surface area contributed by atoms with E-state index in [-0.39, 0.29) is 12.5 Å². The molecular weight excluding hydrogens is 438 g/mol. The summed E-state index contributed by atoms with van der Waals surface area (Å²) in [7, 11) is 3.12. The molecule has 0 saturated heterocycles. The third-order valence-electron chi connectivity index (χ3n) is 5.16. The number of carbonyl (C=O) groups excluding carboxylic acids is 2. The van der Waals surface area contributed by atoms with Crippen LogP contribution in [0.1, 0.15) is 34.0 Å². The van der Waals surface area contributed by atoms with E-state index in [9.17, 15) is 9.59 Å². The minimum absolute atomic E-state index is 0.244. The number of hydrogen-bond acceptors (Lipinski definition) is 6. The number of carbonyl (C=O) groups is 2. The lowest BCUT2D eigenvalue weighted by Gasteiger charge is -2.09. The molecule has 0 bridgehead atoms. The van der Waals surface area contributed by atoms with Gasteiger partial charge in [0.15, 0.2) is 11.5 Å². The van der Waals surface area contributed by atoms with Gasteiger partial charge in [-0.25, -0.2) is 4.79 Å². The SMILES string of the molecule is CCOC(=O)c1c(-c2ccc(C)c(C)c2)csc1NC(=O)/C=C/c1ccc(OC)c(OC)c1. The van der Waals surface area contributed by atoms with Crippen LogP contribution >= 0.6 is 11.3 Å². The van der Waals surface area contributed by atoms with Crippen LogP contribution in [0.3, 0.4) is 0 Å². The smallest absolute Gasteiger partial charge is 0.341 e. The highest BCUT2D eigenvalue weighted by atomic mass is 32.1. The highest BCUT2D eigenvalue weighted by Crippen LogP contribution is 2.37. The predicted octanol–water partition coefficient (Wildman–Crippen LogP) is 5.88. The zero-order chi connectivity index (χ0) is 24.0. The third-order valence-corrected chi connectivity index (χ3v) is 6.06. The first kappa shape index (κ1) is 24.1. The second-order valence-electron chi connectivity index (χ2n) is 7.31. The van der Waals surface area contributed by atoms with Crippen LogP contribution in [0.4, 0.5) is 5.00 Å². The predicted molar refractivity (Wildman–Crippen MR) is 132 cm³/mol. The van der Waals surface area contributed by atoms with Crippen LogP contribution in [-0.4, -0.2) is 32.7 Å². The highest BCUT2D eigenvalue weighted by Gasteiger charge is 2.22. The molecule has 6 nitrogen and oxygen atoms in total. The summed E-state index contributed by atoms with van der Waals surface area (Å²) in [6, 6.07) is 11.4. The summed E-state index contributed by atoms with van der Waals surface area (Å²) < 4.78 is 15.8. The molecule has 0 aliphatic carbocycles. The van der Waals surface area contributed by atoms with Crippen LogP contribution in [0.15, 0.2) is 47.9 Å². The van der Waals surface area contributed by atoms with E-state index in [1.54, 1.807) is 39.4 Å². The minimum Gasteiger partial charge on any atom is -0.493 e. The fourth-order valence-corrected chi connectivity index (χ4v) is 4.22. The zero-order valence-electron chi connectivity index (χ0n) is 19.4. The summed E-state index contributed by atoms with van der Waals surface area (Å²) in [6.07, 6.45) is 3.07. The normalized spacial score (nSPS) is 10.8. The molecule has 0 aliphatic rings. The van der Waals surface area contributed by atoms with Gasteiger partial charge in [-0.2, -0.15) is 0 Å². The quantitative estimate of drug-likeness (QED) is 0.332. The number of thiophene rings is 1. The Morgan fingerprint density at radius 1 is 1.00 bits per heavy atom. The van der Waals surface area contributed by atoms with Crippen molar-refractivity contribution in [3.05, 3.63) is 70.1 Å². The van der Waals surface area contributed by atoms with Crippen molar-refractivity contribution in [2.24, 2.45) is 0 Å². The molecule has 3 rings (SSSR count). The van der Waals surface area contributed by atoms with Gasteiger partial charge in [0.2, 0.25) is 5.91 Å². The first-order valence-corrected chi connectivity index (χ1v) is 11.3. The number of aryl methyl sites for hydroxylation is 2. The fourth-order valence-electron chi connectivity index (χ4n) is 3.26. The van der Waals surface area contributed by atoms with E-state index >= 15 is 0 Å². The second kappa shape index (κ2) is 10.8. The average Bonchev–Trinajstić information content (AvgIpc) is 3.22. The Kier molecular flexibility index (Phi) is 7.90. The molecule has 1 N–H and O–H groups in total. The third kappa shape index (κ3) is 5.62. The van der Waals surface area contributed by atoms with Gasteiger partial charge in [0.25, 0.3) is 0 Å². The van der Waals surface area contributed by atoms with Gasteiger partial charge in [-0.05, 0) is 61.2 Å². The zero-order valence-corrected chi connectivity index (χ0v) is 20.2. The number of esters is 1. The topological polar surface area (TPSA) is 73.9 Å². The van der Waals surface area contributed by atoms with Crippen molar-refractivity contribution in [3.63, 3.8) is 0 Å². The van der Waals surface area contributed by atoms with Crippen LogP contribution in [0, 0.1) is 13.8 Å². The summed E-state index contributed by atoms with van der Waals surface area (Å²) in [6.45, 7) is 6.06. The molecule has 0 radical (unpaired) electrons. The van der Waals surface area contributed by atoms with Gasteiger partial charge in [0.1, 0.15) is 10.6 Å². The van der Waals surface area contributed by atoms with Gasteiger partial charge in [-0.3, -0.25) is 4.79 Å². The molecule has 172 valence electrons. The van der Waals surface area contributed by atoms with Crippen molar-refractivity contribution in [3.8, 4) is 22.6 Å². The monoisotopic (exact) mass is 465 g/mol. The second-order valence-corrected chi connectivity index (χ2v) is 8.19. The molecule has 0 spiro atoms. The number of methoxy groups -OCH3 is 2. The molecule has 33 heavy (non-hydrogen) atoms. The maximum absolute atomic E-state index is 12.8. The van der Waals surface area contributed by atoms with Crippen LogP contribution in [0.25, 0.3) is 17.2 Å². The lowest BCUT2D eigenvalue weighted by molar-refractivity contribution is -0.111. The van der Waals surface area contributed by atoms with E-state index < -0.39 is 5.97 Å². The van der Waals surface area contributed by atoms with Gasteiger partial charge in [0.05, 0.1) is 20.8 Å². The molecule has 0 unspecified atom stereocenters. The van der Waals surface area contributed by atoms with Crippen LogP contribution in [0.2, 0.25) is 0 Å². The summed E-state index contributed by atoms with van der Waals surface area (Å²) in [4.78, 5) is 25.4. The highest BCUT2D eigenvalue weighted by molar-refractivity contribution is 7.15. The van der Waals surface area contributed by atoms with Crippen LogP contribution < -0.4 is 14.8 Å². The summed E-state index contributed by atoms with van der Waals surface area (Å²) >= 11 is 1.29. The van der Waals surface area contributed by atoms with Crippen LogP contribution in [-0.2, 0) is 9.53 Å². The van der Waals surface area contributed by atoms with E-state index in [2.05, 4.69) is 5.32 Å². The van der Waals surface area contributed by atoms with E-state index in [1.165, 1.54) is 23.0 Å². The largest absolute Gasteiger partial charge is 0.493 e. The van der Waals surface area contributed by atoms with Crippen molar-refractivity contribution in [2.45, 2.75) is 20.8 Å². The molecule has 0 fully saturated rings. The standard InChI is InChI=1S/C26H27NO5S/c1-6-32-26(29)24-20(19-10-7-16(2)17(3)13-19)15-33-25(24)27-23(28)12-9-18-8-11-21(30-4)22(14-18)31-5/h7-15H,6H2,1-5H3,(H,27,28)/b12-9+. The molecule has 0 atom stereocenters. The number of amides is 1. The maximum atomic E-state index is 12.8. The number of rotatable bonds is 8. The van der Waals surface area contributed by atoms with Gasteiger partial charge in [-0.1, -0.05) is 24.3 Å². The Balaban J connectivity index is 1.87. The molecule has 1 amide bonds. The van der Waals surface area contributed by atoms with Crippen LogP contribution in [0.5, 0.6) is 11.5 Å². The molecule has 1 aromatic heterocycles. The Morgan fingerprint density at radius 2 is 1.76 bits per heavy atom. The van der Waals surface area contributed by atoms with Crippen molar-refractivity contribution in [1.29, 1.82) is 0 Å². The van der Waals surface area contributed by atoms with E-state index in [1.807, 2.05) is 43.5 Å². The number of nitrogens with one attached hydrogen (secondary N) is 1. The summed E-state index contributed by atoms with van der Waals surface area (Å²) in [5.74, 6) is 0.353. The van der Waals surface area contributed by atoms with Crippen molar-refractivity contribution < 1.29 is 23.8 Å². The molecular formula is C26H27NO5S. The Bertz CT molecular complexity index is 1200. The van der Waals surface area contributed by atoms with Crippen molar-refractivity contribution in [1.82, 2.24) is 0 Å². The summed E-state index contributed by atoms with van der Waals surface area (Å²) in [5.41, 5.74) is 5.06. The Hall–Kier alpha value is -3.58. The Labute approximate surface area is 197 Å². The lowest BCUT2D eigenvalue weighted by atomic mass is 9.99. The summed E-state index contributed by atoms with van der Waals surface area (Å²) in [5, 5.41) is 5.14. The number of benzene rings is 2. The van der Waals surface area contributed by atoms with E-state index in [4.69, 9.17) is 14.2 Å². The fraction of sp³-hybridized carbons (Fsp3) is 0.231. The Morgan fingerprint density at radius 3 is 2.42 bits per heavy atom. The van der Waals surface area contributed by atoms with Gasteiger partial charge in [0, 0.05) is 17.0 Å². The van der Waals surface area contributed by atoms with Crippen molar-refractivity contribution in [2.75, 3.05) is 26.1 Å². The molecule has 3 aromatic rings. The molecule has 0 saturated carbocycles. The van der Waals surface area contributed by atoms with E-state index in [0.29, 0.717) is 22.1 Å². The first-order valence-electron chi connectivity index (χ1n) is 10.4. The average molecular weight is 466 g/mol. The molecule has 1 heterocycles. The maximum Gasteiger partial charge on any atom is 0.341 e. The first-order chi connectivity index (χ1) is 15.9. The molecule has 7 heteroatoms. The lowest BCUT2D eigenvalue weighted by Crippen LogP contribution is -2.12.